The summed E-state index contributed by atoms with van der Waals surface area (Å²) in [4.78, 5) is 7.03. The minimum absolute atomic E-state index is 0.0882. The number of hydrogen-bond donors (Lipinski definition) is 0. The van der Waals surface area contributed by atoms with Crippen LogP contribution in [-0.4, -0.2) is 39.3 Å². The summed E-state index contributed by atoms with van der Waals surface area (Å²) in [5, 5.41) is 14.8. The van der Waals surface area contributed by atoms with Crippen LogP contribution in [0.15, 0.2) is 36.7 Å². The molecule has 1 unspecified atom stereocenters. The summed E-state index contributed by atoms with van der Waals surface area (Å²) in [5.41, 5.74) is 4.84. The SMILES string of the molecule is Cc1cc2cnn(/C=C/CN3CCCC3)c2cc1OC1CCCc2cc(C#N)cnc21. The molecule has 1 aromatic carbocycles. The summed E-state index contributed by atoms with van der Waals surface area (Å²) in [6.45, 7) is 5.42. The number of ether oxygens (including phenoxy) is 1. The Morgan fingerprint density at radius 3 is 2.90 bits per heavy atom. The van der Waals surface area contributed by atoms with E-state index in [4.69, 9.17) is 10.00 Å². The second kappa shape index (κ2) is 8.52. The van der Waals surface area contributed by atoms with Gasteiger partial charge >= 0.3 is 0 Å². The van der Waals surface area contributed by atoms with Gasteiger partial charge in [0.1, 0.15) is 17.9 Å². The zero-order valence-electron chi connectivity index (χ0n) is 17.9. The van der Waals surface area contributed by atoms with E-state index in [0.717, 1.165) is 59.3 Å². The van der Waals surface area contributed by atoms with E-state index in [9.17, 15) is 0 Å². The predicted molar refractivity (Wildman–Crippen MR) is 121 cm³/mol. The quantitative estimate of drug-likeness (QED) is 0.610. The number of rotatable bonds is 5. The molecule has 158 valence electrons. The van der Waals surface area contributed by atoms with Crippen molar-refractivity contribution in [3.8, 4) is 11.8 Å². The van der Waals surface area contributed by atoms with E-state index in [1.165, 1.54) is 25.9 Å². The van der Waals surface area contributed by atoms with Crippen molar-refractivity contribution in [1.29, 1.82) is 5.26 Å². The molecule has 1 aliphatic heterocycles. The standard InChI is InChI=1S/C25H27N5O/c1-18-12-21-17-28-30(11-5-10-29-8-2-3-9-29)22(21)14-24(18)31-23-7-4-6-20-13-19(15-26)16-27-25(20)23/h5,11-14,16-17,23H,2-4,6-10H2,1H3/b11-5+. The molecule has 0 bridgehead atoms. The maximum atomic E-state index is 9.17. The van der Waals surface area contributed by atoms with Crippen molar-refractivity contribution in [2.24, 2.45) is 0 Å². The molecule has 0 saturated carbocycles. The zero-order valence-corrected chi connectivity index (χ0v) is 17.9. The monoisotopic (exact) mass is 413 g/mol. The summed E-state index contributed by atoms with van der Waals surface area (Å²) < 4.78 is 8.42. The third kappa shape index (κ3) is 4.06. The minimum atomic E-state index is -0.0882. The molecule has 1 fully saturated rings. The fourth-order valence-electron chi connectivity index (χ4n) is 4.65. The molecule has 5 rings (SSSR count). The highest BCUT2D eigenvalue weighted by molar-refractivity contribution is 5.83. The smallest absolute Gasteiger partial charge is 0.141 e. The van der Waals surface area contributed by atoms with Crippen LogP contribution in [0.2, 0.25) is 0 Å². The third-order valence-corrected chi connectivity index (χ3v) is 6.32. The van der Waals surface area contributed by atoms with Crippen molar-refractivity contribution in [1.82, 2.24) is 19.7 Å². The van der Waals surface area contributed by atoms with Gasteiger partial charge in [0, 0.05) is 30.4 Å². The number of hydrogen-bond acceptors (Lipinski definition) is 5. The van der Waals surface area contributed by atoms with E-state index < -0.39 is 0 Å². The Labute approximate surface area is 182 Å². The van der Waals surface area contributed by atoms with Crippen molar-refractivity contribution < 1.29 is 4.74 Å². The molecule has 0 amide bonds. The van der Waals surface area contributed by atoms with Gasteiger partial charge in [0.25, 0.3) is 0 Å². The Morgan fingerprint density at radius 2 is 2.06 bits per heavy atom. The number of aromatic nitrogens is 3. The lowest BCUT2D eigenvalue weighted by atomic mass is 9.92. The van der Waals surface area contributed by atoms with Gasteiger partial charge in [-0.15, -0.1) is 0 Å². The second-order valence-electron chi connectivity index (χ2n) is 8.54. The average Bonchev–Trinajstić information content (AvgIpc) is 3.44. The zero-order chi connectivity index (χ0) is 21.2. The highest BCUT2D eigenvalue weighted by Crippen LogP contribution is 2.35. The summed E-state index contributed by atoms with van der Waals surface area (Å²) >= 11 is 0. The van der Waals surface area contributed by atoms with Crippen LogP contribution < -0.4 is 4.74 Å². The van der Waals surface area contributed by atoms with Crippen LogP contribution in [0.4, 0.5) is 0 Å². The molecule has 2 aromatic heterocycles. The molecule has 6 nitrogen and oxygen atoms in total. The fourth-order valence-corrected chi connectivity index (χ4v) is 4.65. The first-order valence-electron chi connectivity index (χ1n) is 11.1. The Hall–Kier alpha value is -3.17. The molecule has 3 heterocycles. The van der Waals surface area contributed by atoms with Crippen LogP contribution in [0.5, 0.6) is 5.75 Å². The van der Waals surface area contributed by atoms with Gasteiger partial charge in [0.05, 0.1) is 23.0 Å². The molecule has 1 atom stereocenters. The van der Waals surface area contributed by atoms with Crippen molar-refractivity contribution in [3.05, 3.63) is 59.1 Å². The van der Waals surface area contributed by atoms with Crippen LogP contribution in [-0.2, 0) is 6.42 Å². The van der Waals surface area contributed by atoms with Crippen LogP contribution in [0, 0.1) is 18.3 Å². The summed E-state index contributed by atoms with van der Waals surface area (Å²) in [7, 11) is 0. The molecule has 1 saturated heterocycles. The van der Waals surface area contributed by atoms with E-state index in [0.29, 0.717) is 5.56 Å². The maximum absolute atomic E-state index is 9.17. The van der Waals surface area contributed by atoms with E-state index in [1.54, 1.807) is 6.20 Å². The normalized spacial score (nSPS) is 19.0. The van der Waals surface area contributed by atoms with Gasteiger partial charge < -0.3 is 4.74 Å². The van der Waals surface area contributed by atoms with Crippen molar-refractivity contribution in [2.45, 2.75) is 45.1 Å². The highest BCUT2D eigenvalue weighted by Gasteiger charge is 2.24. The summed E-state index contributed by atoms with van der Waals surface area (Å²) in [5.74, 6) is 0.867. The maximum Gasteiger partial charge on any atom is 0.141 e. The highest BCUT2D eigenvalue weighted by atomic mass is 16.5. The van der Waals surface area contributed by atoms with Crippen LogP contribution in [0.3, 0.4) is 0 Å². The third-order valence-electron chi connectivity index (χ3n) is 6.32. The molecule has 6 heteroatoms. The van der Waals surface area contributed by atoms with Crippen molar-refractivity contribution >= 4 is 17.1 Å². The first kappa shape index (κ1) is 19.8. The van der Waals surface area contributed by atoms with Crippen LogP contribution in [0.1, 0.15) is 54.2 Å². The number of pyridine rings is 1. The van der Waals surface area contributed by atoms with Gasteiger partial charge in [-0.2, -0.15) is 10.4 Å². The van der Waals surface area contributed by atoms with Crippen molar-refractivity contribution in [3.63, 3.8) is 0 Å². The van der Waals surface area contributed by atoms with Gasteiger partial charge in [0.15, 0.2) is 0 Å². The first-order valence-corrected chi connectivity index (χ1v) is 11.1. The minimum Gasteiger partial charge on any atom is -0.484 e. The number of nitriles is 1. The largest absolute Gasteiger partial charge is 0.484 e. The molecule has 1 aliphatic carbocycles. The Balaban J connectivity index is 1.40. The number of benzene rings is 1. The summed E-state index contributed by atoms with van der Waals surface area (Å²) in [6.07, 6.45) is 13.2. The number of fused-ring (bicyclic) bond motifs is 2. The Morgan fingerprint density at radius 1 is 1.19 bits per heavy atom. The van der Waals surface area contributed by atoms with E-state index in [1.807, 2.05) is 16.9 Å². The van der Waals surface area contributed by atoms with E-state index in [2.05, 4.69) is 52.4 Å². The summed E-state index contributed by atoms with van der Waals surface area (Å²) in [6, 6.07) is 8.37. The fraction of sp³-hybridized carbons (Fsp3) is 0.400. The van der Waals surface area contributed by atoms with Gasteiger partial charge in [-0.25, -0.2) is 4.68 Å². The molecule has 0 spiro atoms. The van der Waals surface area contributed by atoms with Crippen LogP contribution in [0.25, 0.3) is 17.1 Å². The predicted octanol–water partition coefficient (Wildman–Crippen LogP) is 4.63. The Kier molecular flexibility index (Phi) is 5.44. The van der Waals surface area contributed by atoms with Gasteiger partial charge in [-0.1, -0.05) is 6.08 Å². The van der Waals surface area contributed by atoms with Gasteiger partial charge in [-0.05, 0) is 75.4 Å². The number of nitrogens with zero attached hydrogens (tertiary/aromatic N) is 5. The molecule has 0 N–H and O–H groups in total. The first-order chi connectivity index (χ1) is 15.2. The molecule has 31 heavy (non-hydrogen) atoms. The molecule has 3 aromatic rings. The molecular weight excluding hydrogens is 386 g/mol. The molecule has 0 radical (unpaired) electrons. The van der Waals surface area contributed by atoms with E-state index in [-0.39, 0.29) is 6.10 Å². The lowest BCUT2D eigenvalue weighted by Gasteiger charge is -2.26. The van der Waals surface area contributed by atoms with Crippen molar-refractivity contribution in [2.75, 3.05) is 19.6 Å². The van der Waals surface area contributed by atoms with Crippen LogP contribution >= 0.6 is 0 Å². The van der Waals surface area contributed by atoms with Gasteiger partial charge in [-0.3, -0.25) is 9.88 Å². The lowest BCUT2D eigenvalue weighted by molar-refractivity contribution is 0.177. The lowest BCUT2D eigenvalue weighted by Crippen LogP contribution is -2.18. The van der Waals surface area contributed by atoms with Gasteiger partial charge in [0.2, 0.25) is 0 Å². The molecule has 2 aliphatic rings. The second-order valence-corrected chi connectivity index (χ2v) is 8.54. The molecular formula is C25H27N5O. The average molecular weight is 414 g/mol. The number of aryl methyl sites for hydroxylation is 2. The Bertz CT molecular complexity index is 1170. The number of likely N-dealkylation sites (tertiary alicyclic amines) is 1. The topological polar surface area (TPSA) is 67.0 Å². The van der Waals surface area contributed by atoms with E-state index >= 15 is 0 Å².